The number of carbonyl (C=O) groups is 1. The van der Waals surface area contributed by atoms with Crippen LogP contribution in [0, 0.1) is 0 Å². The van der Waals surface area contributed by atoms with Crippen molar-refractivity contribution in [2.24, 2.45) is 0 Å². The molecule has 6 nitrogen and oxygen atoms in total. The number of nitrogens with zero attached hydrogens (tertiary/aromatic N) is 2. The van der Waals surface area contributed by atoms with E-state index in [1.54, 1.807) is 0 Å². The van der Waals surface area contributed by atoms with Gasteiger partial charge in [-0.05, 0) is 0 Å². The van der Waals surface area contributed by atoms with Crippen molar-refractivity contribution in [2.75, 3.05) is 13.1 Å². The molecule has 1 aromatic heterocycles. The average molecular weight is 258 g/mol. The summed E-state index contributed by atoms with van der Waals surface area (Å²) in [7, 11) is 0. The second-order valence-corrected chi connectivity index (χ2v) is 4.38. The third kappa shape index (κ3) is 2.63. The summed E-state index contributed by atoms with van der Waals surface area (Å²) in [5.41, 5.74) is 0.901. The summed E-state index contributed by atoms with van der Waals surface area (Å²) in [6.45, 7) is 1.42. The number of piperazine rings is 1. The number of nitrogens with one attached hydrogen (secondary N) is 2. The number of benzene rings is 1. The van der Waals surface area contributed by atoms with E-state index in [2.05, 4.69) is 20.8 Å². The molecule has 1 unspecified atom stereocenters. The van der Waals surface area contributed by atoms with Gasteiger partial charge in [0.15, 0.2) is 0 Å². The Balaban J connectivity index is 1.73. The maximum atomic E-state index is 11.6. The van der Waals surface area contributed by atoms with Crippen LogP contribution in [0.5, 0.6) is 0 Å². The van der Waals surface area contributed by atoms with Gasteiger partial charge in [0.05, 0.1) is 12.5 Å². The average Bonchev–Trinajstić information content (AvgIpc) is 2.91. The molecule has 1 fully saturated rings. The van der Waals surface area contributed by atoms with Crippen LogP contribution < -0.4 is 10.6 Å². The zero-order valence-corrected chi connectivity index (χ0v) is 10.3. The Morgan fingerprint density at radius 3 is 2.89 bits per heavy atom. The van der Waals surface area contributed by atoms with Crippen molar-refractivity contribution in [3.05, 3.63) is 36.2 Å². The number of amides is 1. The molecule has 1 saturated heterocycles. The van der Waals surface area contributed by atoms with E-state index in [-0.39, 0.29) is 11.9 Å². The predicted molar refractivity (Wildman–Crippen MR) is 68.2 cm³/mol. The number of aromatic nitrogens is 2. The molecule has 1 amide bonds. The number of carbonyl (C=O) groups excluding carboxylic acids is 1. The first-order valence-corrected chi connectivity index (χ1v) is 6.22. The van der Waals surface area contributed by atoms with Gasteiger partial charge in [-0.3, -0.25) is 4.79 Å². The number of hydrogen-bond acceptors (Lipinski definition) is 5. The van der Waals surface area contributed by atoms with Gasteiger partial charge < -0.3 is 15.2 Å². The summed E-state index contributed by atoms with van der Waals surface area (Å²) < 4.78 is 5.19. The van der Waals surface area contributed by atoms with Crippen molar-refractivity contribution in [3.8, 4) is 11.4 Å². The molecule has 98 valence electrons. The lowest BCUT2D eigenvalue weighted by atomic mass is 10.1. The Bertz CT molecular complexity index is 567. The minimum Gasteiger partial charge on any atom is -0.353 e. The van der Waals surface area contributed by atoms with Crippen LogP contribution in [-0.2, 0) is 11.2 Å². The SMILES string of the molecule is O=C1NCCNC1Cc1nc(-c2ccccc2)no1. The van der Waals surface area contributed by atoms with Gasteiger partial charge in [0.2, 0.25) is 17.6 Å². The molecular formula is C13H14N4O2. The topological polar surface area (TPSA) is 80.0 Å². The number of hydrogen-bond donors (Lipinski definition) is 2. The van der Waals surface area contributed by atoms with Gasteiger partial charge in [0, 0.05) is 18.7 Å². The highest BCUT2D eigenvalue weighted by Gasteiger charge is 2.24. The van der Waals surface area contributed by atoms with E-state index in [1.807, 2.05) is 30.3 Å². The summed E-state index contributed by atoms with van der Waals surface area (Å²) in [6.07, 6.45) is 0.408. The largest absolute Gasteiger partial charge is 0.353 e. The van der Waals surface area contributed by atoms with E-state index in [4.69, 9.17) is 4.52 Å². The van der Waals surface area contributed by atoms with E-state index < -0.39 is 0 Å². The van der Waals surface area contributed by atoms with Gasteiger partial charge in [-0.2, -0.15) is 4.98 Å². The molecule has 1 aromatic carbocycles. The van der Waals surface area contributed by atoms with Crippen LogP contribution in [0.4, 0.5) is 0 Å². The maximum absolute atomic E-state index is 11.6. The predicted octanol–water partition coefficient (Wildman–Crippen LogP) is 0.367. The van der Waals surface area contributed by atoms with E-state index in [1.165, 1.54) is 0 Å². The van der Waals surface area contributed by atoms with Crippen molar-refractivity contribution < 1.29 is 9.32 Å². The lowest BCUT2D eigenvalue weighted by molar-refractivity contribution is -0.124. The lowest BCUT2D eigenvalue weighted by Gasteiger charge is -2.21. The van der Waals surface area contributed by atoms with Crippen LogP contribution in [0.3, 0.4) is 0 Å². The van der Waals surface area contributed by atoms with Crippen LogP contribution in [0.1, 0.15) is 5.89 Å². The minimum absolute atomic E-state index is 0.0225. The fraction of sp³-hybridized carbons (Fsp3) is 0.308. The quantitative estimate of drug-likeness (QED) is 0.831. The summed E-state index contributed by atoms with van der Waals surface area (Å²) in [4.78, 5) is 15.9. The molecule has 0 aliphatic carbocycles. The molecule has 0 saturated carbocycles. The molecule has 2 aromatic rings. The van der Waals surface area contributed by atoms with E-state index in [9.17, 15) is 4.79 Å². The van der Waals surface area contributed by atoms with Crippen LogP contribution in [-0.4, -0.2) is 35.2 Å². The number of rotatable bonds is 3. The fourth-order valence-electron chi connectivity index (χ4n) is 2.03. The fourth-order valence-corrected chi connectivity index (χ4v) is 2.03. The van der Waals surface area contributed by atoms with E-state index >= 15 is 0 Å². The monoisotopic (exact) mass is 258 g/mol. The van der Waals surface area contributed by atoms with Crippen molar-refractivity contribution in [3.63, 3.8) is 0 Å². The van der Waals surface area contributed by atoms with Crippen molar-refractivity contribution in [2.45, 2.75) is 12.5 Å². The molecule has 1 aliphatic heterocycles. The molecule has 1 aliphatic rings. The van der Waals surface area contributed by atoms with E-state index in [0.717, 1.165) is 12.1 Å². The van der Waals surface area contributed by atoms with Crippen molar-refractivity contribution >= 4 is 5.91 Å². The molecule has 3 rings (SSSR count). The Morgan fingerprint density at radius 1 is 1.26 bits per heavy atom. The van der Waals surface area contributed by atoms with Crippen molar-refractivity contribution in [1.82, 2.24) is 20.8 Å². The Hall–Kier alpha value is -2.21. The summed E-state index contributed by atoms with van der Waals surface area (Å²) >= 11 is 0. The Morgan fingerprint density at radius 2 is 2.11 bits per heavy atom. The Kier molecular flexibility index (Phi) is 3.24. The highest BCUT2D eigenvalue weighted by Crippen LogP contribution is 2.15. The van der Waals surface area contributed by atoms with Crippen molar-refractivity contribution in [1.29, 1.82) is 0 Å². The maximum Gasteiger partial charge on any atom is 0.237 e. The molecule has 0 spiro atoms. The molecule has 2 N–H and O–H groups in total. The molecular weight excluding hydrogens is 244 g/mol. The first-order chi connectivity index (χ1) is 9.33. The van der Waals surface area contributed by atoms with Gasteiger partial charge in [-0.15, -0.1) is 0 Å². The van der Waals surface area contributed by atoms with Gasteiger partial charge in [0.25, 0.3) is 0 Å². The van der Waals surface area contributed by atoms with Gasteiger partial charge in [-0.1, -0.05) is 35.5 Å². The smallest absolute Gasteiger partial charge is 0.237 e. The molecule has 2 heterocycles. The molecule has 1 atom stereocenters. The lowest BCUT2D eigenvalue weighted by Crippen LogP contribution is -2.53. The first-order valence-electron chi connectivity index (χ1n) is 6.22. The minimum atomic E-state index is -0.294. The molecule has 0 bridgehead atoms. The normalized spacial score (nSPS) is 19.2. The molecule has 0 radical (unpaired) electrons. The van der Waals surface area contributed by atoms with Crippen LogP contribution in [0.15, 0.2) is 34.9 Å². The highest BCUT2D eigenvalue weighted by atomic mass is 16.5. The van der Waals surface area contributed by atoms with Crippen LogP contribution in [0.2, 0.25) is 0 Å². The molecule has 19 heavy (non-hydrogen) atoms. The third-order valence-electron chi connectivity index (χ3n) is 3.01. The zero-order chi connectivity index (χ0) is 13.1. The Labute approximate surface area is 110 Å². The van der Waals surface area contributed by atoms with Gasteiger partial charge in [0.1, 0.15) is 0 Å². The summed E-state index contributed by atoms with van der Waals surface area (Å²) in [5, 5.41) is 9.86. The molecule has 6 heteroatoms. The third-order valence-corrected chi connectivity index (χ3v) is 3.01. The summed E-state index contributed by atoms with van der Waals surface area (Å²) in [6, 6.07) is 9.31. The second-order valence-electron chi connectivity index (χ2n) is 4.38. The zero-order valence-electron chi connectivity index (χ0n) is 10.3. The van der Waals surface area contributed by atoms with Gasteiger partial charge in [-0.25, -0.2) is 0 Å². The second kappa shape index (κ2) is 5.19. The van der Waals surface area contributed by atoms with Crippen LogP contribution >= 0.6 is 0 Å². The van der Waals surface area contributed by atoms with E-state index in [0.29, 0.717) is 24.7 Å². The summed E-state index contributed by atoms with van der Waals surface area (Å²) in [5.74, 6) is 0.992. The van der Waals surface area contributed by atoms with Gasteiger partial charge >= 0.3 is 0 Å². The highest BCUT2D eigenvalue weighted by molar-refractivity contribution is 5.82. The van der Waals surface area contributed by atoms with Crippen LogP contribution in [0.25, 0.3) is 11.4 Å². The standard InChI is InChI=1S/C13H14N4O2/c18-13-10(14-6-7-15-13)8-11-16-12(17-19-11)9-4-2-1-3-5-9/h1-5,10,14H,6-8H2,(H,15,18). The first kappa shape index (κ1) is 11.9.